The van der Waals surface area contributed by atoms with Crippen molar-refractivity contribution >= 4 is 0 Å². The summed E-state index contributed by atoms with van der Waals surface area (Å²) >= 11 is 0. The normalized spacial score (nSPS) is 24.6. The van der Waals surface area contributed by atoms with Gasteiger partial charge in [-0.2, -0.15) is 0 Å². The van der Waals surface area contributed by atoms with E-state index in [0.29, 0.717) is 0 Å². The van der Waals surface area contributed by atoms with Crippen LogP contribution >= 0.6 is 0 Å². The smallest absolute Gasteiger partial charge is 0.0544 e. The average Bonchev–Trinajstić information content (AvgIpc) is 2.42. The first-order valence-electron chi connectivity index (χ1n) is 7.56. The molecule has 1 N–H and O–H groups in total. The molecular formula is C16H27N3. The van der Waals surface area contributed by atoms with Gasteiger partial charge in [-0.05, 0) is 43.0 Å². The van der Waals surface area contributed by atoms with Crippen molar-refractivity contribution in [3.63, 3.8) is 0 Å². The SMILES string of the molecule is CCNCc1ccc(CN2CCC(C)C(C)C2)nc1. The van der Waals surface area contributed by atoms with Crippen LogP contribution in [0.25, 0.3) is 0 Å². The van der Waals surface area contributed by atoms with Gasteiger partial charge in [-0.25, -0.2) is 0 Å². The van der Waals surface area contributed by atoms with Crippen molar-refractivity contribution < 1.29 is 0 Å². The summed E-state index contributed by atoms with van der Waals surface area (Å²) in [7, 11) is 0. The summed E-state index contributed by atoms with van der Waals surface area (Å²) in [5.74, 6) is 1.67. The van der Waals surface area contributed by atoms with Gasteiger partial charge < -0.3 is 5.32 Å². The van der Waals surface area contributed by atoms with E-state index in [2.05, 4.69) is 48.1 Å². The largest absolute Gasteiger partial charge is 0.313 e. The van der Waals surface area contributed by atoms with Crippen molar-refractivity contribution in [2.24, 2.45) is 11.8 Å². The van der Waals surface area contributed by atoms with Crippen LogP contribution < -0.4 is 5.32 Å². The summed E-state index contributed by atoms with van der Waals surface area (Å²) in [6, 6.07) is 4.37. The fraction of sp³-hybridized carbons (Fsp3) is 0.688. The summed E-state index contributed by atoms with van der Waals surface area (Å²) in [5, 5.41) is 3.33. The molecule has 0 bridgehead atoms. The lowest BCUT2D eigenvalue weighted by Crippen LogP contribution is -2.38. The molecule has 2 atom stereocenters. The van der Waals surface area contributed by atoms with Crippen LogP contribution in [-0.4, -0.2) is 29.5 Å². The molecule has 2 heterocycles. The molecule has 0 aliphatic carbocycles. The fourth-order valence-electron chi connectivity index (χ4n) is 2.64. The Morgan fingerprint density at radius 2 is 2.16 bits per heavy atom. The number of likely N-dealkylation sites (tertiary alicyclic amines) is 1. The van der Waals surface area contributed by atoms with Gasteiger partial charge in [0.2, 0.25) is 0 Å². The number of hydrogen-bond acceptors (Lipinski definition) is 3. The number of aromatic nitrogens is 1. The molecule has 1 saturated heterocycles. The molecular weight excluding hydrogens is 234 g/mol. The van der Waals surface area contributed by atoms with Gasteiger partial charge in [0.1, 0.15) is 0 Å². The van der Waals surface area contributed by atoms with E-state index in [-0.39, 0.29) is 0 Å². The first-order valence-corrected chi connectivity index (χ1v) is 7.56. The second-order valence-corrected chi connectivity index (χ2v) is 5.92. The van der Waals surface area contributed by atoms with Crippen LogP contribution in [0.1, 0.15) is 38.4 Å². The zero-order valence-electron chi connectivity index (χ0n) is 12.5. The van der Waals surface area contributed by atoms with E-state index >= 15 is 0 Å². The molecule has 3 heteroatoms. The second kappa shape index (κ2) is 7.01. The van der Waals surface area contributed by atoms with Crippen molar-refractivity contribution in [2.75, 3.05) is 19.6 Å². The van der Waals surface area contributed by atoms with E-state index in [9.17, 15) is 0 Å². The summed E-state index contributed by atoms with van der Waals surface area (Å²) in [6.07, 6.45) is 3.33. The number of rotatable bonds is 5. The minimum Gasteiger partial charge on any atom is -0.313 e. The Labute approximate surface area is 117 Å². The average molecular weight is 261 g/mol. The van der Waals surface area contributed by atoms with Crippen LogP contribution in [0, 0.1) is 11.8 Å². The Morgan fingerprint density at radius 3 is 2.79 bits per heavy atom. The number of nitrogens with one attached hydrogen (secondary N) is 1. The lowest BCUT2D eigenvalue weighted by molar-refractivity contribution is 0.131. The van der Waals surface area contributed by atoms with Gasteiger partial charge in [0, 0.05) is 25.8 Å². The Morgan fingerprint density at radius 1 is 1.32 bits per heavy atom. The van der Waals surface area contributed by atoms with E-state index < -0.39 is 0 Å². The molecule has 2 rings (SSSR count). The zero-order valence-corrected chi connectivity index (χ0v) is 12.5. The maximum Gasteiger partial charge on any atom is 0.0544 e. The highest BCUT2D eigenvalue weighted by molar-refractivity contribution is 5.14. The summed E-state index contributed by atoms with van der Waals surface area (Å²) in [6.45, 7) is 12.2. The maximum absolute atomic E-state index is 4.59. The third-order valence-electron chi connectivity index (χ3n) is 4.27. The highest BCUT2D eigenvalue weighted by atomic mass is 15.1. The molecule has 1 aliphatic heterocycles. The Balaban J connectivity index is 1.85. The fourth-order valence-corrected chi connectivity index (χ4v) is 2.64. The van der Waals surface area contributed by atoms with E-state index in [0.717, 1.165) is 31.5 Å². The molecule has 0 spiro atoms. The maximum atomic E-state index is 4.59. The summed E-state index contributed by atoms with van der Waals surface area (Å²) < 4.78 is 0. The van der Waals surface area contributed by atoms with Crippen LogP contribution in [0.2, 0.25) is 0 Å². The van der Waals surface area contributed by atoms with Crippen molar-refractivity contribution in [3.8, 4) is 0 Å². The Kier molecular flexibility index (Phi) is 5.34. The molecule has 3 nitrogen and oxygen atoms in total. The number of hydrogen-bond donors (Lipinski definition) is 1. The van der Waals surface area contributed by atoms with Crippen LogP contribution in [-0.2, 0) is 13.1 Å². The van der Waals surface area contributed by atoms with Crippen molar-refractivity contribution in [2.45, 2.75) is 40.3 Å². The second-order valence-electron chi connectivity index (χ2n) is 5.92. The first-order chi connectivity index (χ1) is 9.19. The van der Waals surface area contributed by atoms with Gasteiger partial charge in [-0.15, -0.1) is 0 Å². The standard InChI is InChI=1S/C16H27N3/c1-4-17-9-15-5-6-16(18-10-15)12-19-8-7-13(2)14(3)11-19/h5-6,10,13-14,17H,4,7-9,11-12H2,1-3H3. The molecule has 0 amide bonds. The highest BCUT2D eigenvalue weighted by Crippen LogP contribution is 2.23. The quantitative estimate of drug-likeness (QED) is 0.883. The van der Waals surface area contributed by atoms with Crippen LogP contribution in [0.4, 0.5) is 0 Å². The van der Waals surface area contributed by atoms with Crippen LogP contribution in [0.5, 0.6) is 0 Å². The third-order valence-corrected chi connectivity index (χ3v) is 4.27. The molecule has 2 unspecified atom stereocenters. The van der Waals surface area contributed by atoms with Gasteiger partial charge >= 0.3 is 0 Å². The van der Waals surface area contributed by atoms with Crippen LogP contribution in [0.3, 0.4) is 0 Å². The van der Waals surface area contributed by atoms with Gasteiger partial charge in [0.15, 0.2) is 0 Å². The predicted octanol–water partition coefficient (Wildman–Crippen LogP) is 2.67. The molecule has 0 aromatic carbocycles. The topological polar surface area (TPSA) is 28.2 Å². The lowest BCUT2D eigenvalue weighted by Gasteiger charge is -2.35. The molecule has 1 fully saturated rings. The van der Waals surface area contributed by atoms with Crippen LogP contribution in [0.15, 0.2) is 18.3 Å². The van der Waals surface area contributed by atoms with Crippen molar-refractivity contribution in [3.05, 3.63) is 29.6 Å². The van der Waals surface area contributed by atoms with E-state index in [1.54, 1.807) is 0 Å². The van der Waals surface area contributed by atoms with E-state index in [4.69, 9.17) is 0 Å². The monoisotopic (exact) mass is 261 g/mol. The molecule has 1 aromatic heterocycles. The minimum absolute atomic E-state index is 0.807. The van der Waals surface area contributed by atoms with Gasteiger partial charge in [-0.3, -0.25) is 9.88 Å². The molecule has 19 heavy (non-hydrogen) atoms. The number of nitrogens with zero attached hydrogens (tertiary/aromatic N) is 2. The predicted molar refractivity (Wildman–Crippen MR) is 79.8 cm³/mol. The van der Waals surface area contributed by atoms with Gasteiger partial charge in [0.25, 0.3) is 0 Å². The molecule has 106 valence electrons. The van der Waals surface area contributed by atoms with Gasteiger partial charge in [-0.1, -0.05) is 26.8 Å². The third kappa shape index (κ3) is 4.29. The molecule has 1 aromatic rings. The molecule has 0 radical (unpaired) electrons. The molecule has 1 aliphatic rings. The zero-order chi connectivity index (χ0) is 13.7. The highest BCUT2D eigenvalue weighted by Gasteiger charge is 2.22. The minimum atomic E-state index is 0.807. The number of piperidine rings is 1. The van der Waals surface area contributed by atoms with E-state index in [1.807, 2.05) is 6.20 Å². The first kappa shape index (κ1) is 14.5. The lowest BCUT2D eigenvalue weighted by atomic mass is 9.88. The van der Waals surface area contributed by atoms with Crippen molar-refractivity contribution in [1.82, 2.24) is 15.2 Å². The summed E-state index contributed by atoms with van der Waals surface area (Å²) in [4.78, 5) is 7.13. The van der Waals surface area contributed by atoms with E-state index in [1.165, 1.54) is 30.8 Å². The Bertz CT molecular complexity index is 374. The molecule has 0 saturated carbocycles. The number of pyridine rings is 1. The van der Waals surface area contributed by atoms with Gasteiger partial charge in [0.05, 0.1) is 5.69 Å². The van der Waals surface area contributed by atoms with Crippen molar-refractivity contribution in [1.29, 1.82) is 0 Å². The Hall–Kier alpha value is -0.930. The summed E-state index contributed by atoms with van der Waals surface area (Å²) in [5.41, 5.74) is 2.47.